The number of ether oxygens (including phenoxy) is 2. The smallest absolute Gasteiger partial charge is 0.157 e. The fourth-order valence-corrected chi connectivity index (χ4v) is 2.29. The molecule has 120 valence electrons. The van der Waals surface area contributed by atoms with Gasteiger partial charge in [-0.3, -0.25) is 0 Å². The van der Waals surface area contributed by atoms with Crippen LogP contribution in [0.4, 0.5) is 0 Å². The average Bonchev–Trinajstić information content (AvgIpc) is 2.46. The Bertz CT molecular complexity index is 415. The Morgan fingerprint density at radius 1 is 1.10 bits per heavy atom. The summed E-state index contributed by atoms with van der Waals surface area (Å²) in [5.74, 6) is 1.30. The van der Waals surface area contributed by atoms with Crippen molar-refractivity contribution in [3.05, 3.63) is 22.8 Å². The molecule has 2 unspecified atom stereocenters. The maximum absolute atomic E-state index is 5.30. The van der Waals surface area contributed by atoms with E-state index in [1.54, 1.807) is 14.2 Å². The van der Waals surface area contributed by atoms with Crippen LogP contribution in [0.5, 0.6) is 0 Å². The van der Waals surface area contributed by atoms with Crippen molar-refractivity contribution in [2.75, 3.05) is 33.9 Å². The quantitative estimate of drug-likeness (QED) is 0.708. The van der Waals surface area contributed by atoms with Crippen molar-refractivity contribution in [3.8, 4) is 0 Å². The fourth-order valence-electron chi connectivity index (χ4n) is 2.29. The summed E-state index contributed by atoms with van der Waals surface area (Å²) >= 11 is 0. The molecule has 5 nitrogen and oxygen atoms in total. The molecule has 1 N–H and O–H groups in total. The van der Waals surface area contributed by atoms with E-state index in [0.717, 1.165) is 43.3 Å². The highest BCUT2D eigenvalue weighted by Crippen LogP contribution is 2.19. The summed E-state index contributed by atoms with van der Waals surface area (Å²) in [7, 11) is 3.40. The van der Waals surface area contributed by atoms with Crippen LogP contribution < -0.4 is 5.32 Å². The molecule has 0 saturated heterocycles. The second kappa shape index (κ2) is 9.07. The molecular formula is C16H29N3O2. The zero-order chi connectivity index (χ0) is 15.8. The zero-order valence-corrected chi connectivity index (χ0v) is 14.2. The van der Waals surface area contributed by atoms with E-state index >= 15 is 0 Å². The van der Waals surface area contributed by atoms with Crippen molar-refractivity contribution in [1.29, 1.82) is 0 Å². The van der Waals surface area contributed by atoms with E-state index in [4.69, 9.17) is 9.47 Å². The van der Waals surface area contributed by atoms with Crippen molar-refractivity contribution < 1.29 is 9.47 Å². The molecule has 0 spiro atoms. The lowest BCUT2D eigenvalue weighted by Gasteiger charge is -2.17. The summed E-state index contributed by atoms with van der Waals surface area (Å²) in [6, 6.07) is 0. The summed E-state index contributed by atoms with van der Waals surface area (Å²) in [5, 5.41) is 3.40. The molecule has 1 aromatic heterocycles. The van der Waals surface area contributed by atoms with Gasteiger partial charge in [0.15, 0.2) is 5.82 Å². The predicted molar refractivity (Wildman–Crippen MR) is 84.5 cm³/mol. The Morgan fingerprint density at radius 3 is 2.24 bits per heavy atom. The van der Waals surface area contributed by atoms with Gasteiger partial charge in [0, 0.05) is 32.2 Å². The molecule has 5 heteroatoms. The van der Waals surface area contributed by atoms with E-state index in [9.17, 15) is 0 Å². The lowest BCUT2D eigenvalue weighted by atomic mass is 9.98. The maximum atomic E-state index is 5.30. The predicted octanol–water partition coefficient (Wildman–Crippen LogP) is 2.22. The third-order valence-electron chi connectivity index (χ3n) is 3.68. The molecule has 0 bridgehead atoms. The summed E-state index contributed by atoms with van der Waals surface area (Å²) in [6.07, 6.45) is 0.920. The van der Waals surface area contributed by atoms with Gasteiger partial charge in [0.1, 0.15) is 6.10 Å². The molecular weight excluding hydrogens is 266 g/mol. The third kappa shape index (κ3) is 5.69. The summed E-state index contributed by atoms with van der Waals surface area (Å²) in [5.41, 5.74) is 3.37. The number of nitrogens with one attached hydrogen (secondary N) is 1. The Labute approximate surface area is 128 Å². The van der Waals surface area contributed by atoms with Crippen molar-refractivity contribution in [1.82, 2.24) is 15.3 Å². The first-order chi connectivity index (χ1) is 9.99. The molecule has 0 amide bonds. The number of aromatic nitrogens is 2. The molecule has 0 aliphatic rings. The van der Waals surface area contributed by atoms with Gasteiger partial charge >= 0.3 is 0 Å². The normalized spacial score (nSPS) is 14.2. The molecule has 2 atom stereocenters. The van der Waals surface area contributed by atoms with E-state index < -0.39 is 0 Å². The molecule has 0 radical (unpaired) electrons. The summed E-state index contributed by atoms with van der Waals surface area (Å²) < 4.78 is 10.3. The van der Waals surface area contributed by atoms with Crippen LogP contribution in [0, 0.1) is 19.8 Å². The van der Waals surface area contributed by atoms with Crippen LogP contribution in [0.25, 0.3) is 0 Å². The van der Waals surface area contributed by atoms with Crippen molar-refractivity contribution in [2.45, 2.75) is 40.2 Å². The number of hydrogen-bond acceptors (Lipinski definition) is 5. The van der Waals surface area contributed by atoms with Gasteiger partial charge < -0.3 is 14.8 Å². The molecule has 0 fully saturated rings. The van der Waals surface area contributed by atoms with E-state index in [1.165, 1.54) is 5.56 Å². The second-order valence-electron chi connectivity index (χ2n) is 5.62. The average molecular weight is 295 g/mol. The number of nitrogens with zero attached hydrogens (tertiary/aromatic N) is 2. The van der Waals surface area contributed by atoms with Crippen LogP contribution in [0.15, 0.2) is 0 Å². The fraction of sp³-hybridized carbons (Fsp3) is 0.750. The van der Waals surface area contributed by atoms with Gasteiger partial charge in [-0.1, -0.05) is 6.92 Å². The summed E-state index contributed by atoms with van der Waals surface area (Å²) in [6.45, 7) is 10.9. The van der Waals surface area contributed by atoms with E-state index in [0.29, 0.717) is 5.92 Å². The van der Waals surface area contributed by atoms with E-state index in [1.807, 2.05) is 6.92 Å². The minimum Gasteiger partial charge on any atom is -0.383 e. The van der Waals surface area contributed by atoms with Crippen LogP contribution in [0.1, 0.15) is 42.7 Å². The zero-order valence-electron chi connectivity index (χ0n) is 14.2. The molecule has 0 saturated carbocycles. The Morgan fingerprint density at radius 2 is 1.71 bits per heavy atom. The molecule has 21 heavy (non-hydrogen) atoms. The minimum absolute atomic E-state index is 0.0652. The third-order valence-corrected chi connectivity index (χ3v) is 3.68. The highest BCUT2D eigenvalue weighted by atomic mass is 16.5. The van der Waals surface area contributed by atoms with Gasteiger partial charge in [-0.2, -0.15) is 0 Å². The molecule has 1 heterocycles. The van der Waals surface area contributed by atoms with Gasteiger partial charge in [-0.25, -0.2) is 9.97 Å². The van der Waals surface area contributed by atoms with Crippen LogP contribution >= 0.6 is 0 Å². The topological polar surface area (TPSA) is 56.3 Å². The Kier molecular flexibility index (Phi) is 7.78. The first-order valence-electron chi connectivity index (χ1n) is 7.56. The highest BCUT2D eigenvalue weighted by molar-refractivity contribution is 5.25. The minimum atomic E-state index is -0.0652. The molecule has 1 rings (SSSR count). The van der Waals surface area contributed by atoms with E-state index in [2.05, 4.69) is 36.1 Å². The van der Waals surface area contributed by atoms with Gasteiger partial charge in [-0.05, 0) is 45.2 Å². The van der Waals surface area contributed by atoms with Crippen LogP contribution in [0.3, 0.4) is 0 Å². The van der Waals surface area contributed by atoms with Crippen molar-refractivity contribution >= 4 is 0 Å². The monoisotopic (exact) mass is 295 g/mol. The standard InChI is InChI=1S/C16H29N3O2/c1-11(10-17-7-8-20-5)9-15-12(2)18-16(14(4)21-6)19-13(15)3/h11,14,17H,7-10H2,1-6H3. The number of rotatable bonds is 9. The van der Waals surface area contributed by atoms with Crippen LogP contribution in [-0.2, 0) is 15.9 Å². The summed E-state index contributed by atoms with van der Waals surface area (Å²) in [4.78, 5) is 9.18. The van der Waals surface area contributed by atoms with Crippen LogP contribution in [-0.4, -0.2) is 43.9 Å². The number of aryl methyl sites for hydroxylation is 2. The Balaban J connectivity index is 2.66. The van der Waals surface area contributed by atoms with Gasteiger partial charge in [0.25, 0.3) is 0 Å². The lowest BCUT2D eigenvalue weighted by molar-refractivity contribution is 0.111. The molecule has 1 aromatic rings. The molecule has 0 aromatic carbocycles. The van der Waals surface area contributed by atoms with Gasteiger partial charge in [0.05, 0.1) is 6.61 Å². The second-order valence-corrected chi connectivity index (χ2v) is 5.62. The van der Waals surface area contributed by atoms with Crippen molar-refractivity contribution in [3.63, 3.8) is 0 Å². The first-order valence-corrected chi connectivity index (χ1v) is 7.56. The van der Waals surface area contributed by atoms with Gasteiger partial charge in [0.2, 0.25) is 0 Å². The van der Waals surface area contributed by atoms with E-state index in [-0.39, 0.29) is 6.10 Å². The maximum Gasteiger partial charge on any atom is 0.157 e. The van der Waals surface area contributed by atoms with Crippen molar-refractivity contribution in [2.24, 2.45) is 5.92 Å². The Hall–Kier alpha value is -1.04. The lowest BCUT2D eigenvalue weighted by Crippen LogP contribution is -2.26. The first kappa shape index (κ1) is 18.0. The van der Waals surface area contributed by atoms with Gasteiger partial charge in [-0.15, -0.1) is 0 Å². The van der Waals surface area contributed by atoms with Crippen LogP contribution in [0.2, 0.25) is 0 Å². The SMILES string of the molecule is COCCNCC(C)Cc1c(C)nc(C(C)OC)nc1C. The number of hydrogen-bond donors (Lipinski definition) is 1. The molecule has 0 aliphatic carbocycles. The molecule has 0 aliphatic heterocycles. The largest absolute Gasteiger partial charge is 0.383 e. The highest BCUT2D eigenvalue weighted by Gasteiger charge is 2.15. The number of methoxy groups -OCH3 is 2.